The number of aryl methyl sites for hydroxylation is 1. The fourth-order valence-corrected chi connectivity index (χ4v) is 1.70. The van der Waals surface area contributed by atoms with Crippen LogP contribution in [0, 0.1) is 0 Å². The second kappa shape index (κ2) is 4.59. The molecule has 0 aliphatic heterocycles. The maximum Gasteiger partial charge on any atom is 0.332 e. The molecule has 0 aliphatic carbocycles. The van der Waals surface area contributed by atoms with Crippen molar-refractivity contribution in [3.05, 3.63) is 20.8 Å². The molecule has 0 spiro atoms. The van der Waals surface area contributed by atoms with Crippen LogP contribution < -0.4 is 16.6 Å². The highest BCUT2D eigenvalue weighted by Crippen LogP contribution is 2.07. The van der Waals surface area contributed by atoms with Crippen molar-refractivity contribution in [1.82, 2.24) is 19.1 Å². The van der Waals surface area contributed by atoms with E-state index in [1.165, 1.54) is 18.7 Å². The van der Waals surface area contributed by atoms with E-state index in [0.29, 0.717) is 0 Å². The number of imidazole rings is 1. The van der Waals surface area contributed by atoms with Crippen molar-refractivity contribution >= 4 is 23.1 Å². The first kappa shape index (κ1) is 12.9. The van der Waals surface area contributed by atoms with Crippen molar-refractivity contribution in [2.45, 2.75) is 6.42 Å². The van der Waals surface area contributed by atoms with Crippen LogP contribution in [0.25, 0.3) is 11.2 Å². The van der Waals surface area contributed by atoms with Gasteiger partial charge in [-0.25, -0.2) is 4.79 Å². The Morgan fingerprint density at radius 1 is 1.37 bits per heavy atom. The van der Waals surface area contributed by atoms with Crippen LogP contribution in [0.1, 0.15) is 6.42 Å². The molecule has 9 heteroatoms. The molecular formula is C10H13N5O4. The largest absolute Gasteiger partial charge is 0.481 e. The van der Waals surface area contributed by atoms with Crippen LogP contribution in [-0.4, -0.2) is 36.7 Å². The molecule has 0 saturated heterocycles. The van der Waals surface area contributed by atoms with Crippen LogP contribution in [0.5, 0.6) is 0 Å². The van der Waals surface area contributed by atoms with E-state index in [2.05, 4.69) is 15.3 Å². The summed E-state index contributed by atoms with van der Waals surface area (Å²) in [5.74, 6) is -0.679. The summed E-state index contributed by atoms with van der Waals surface area (Å²) in [4.78, 5) is 40.7. The normalized spacial score (nSPS) is 10.8. The zero-order valence-electron chi connectivity index (χ0n) is 10.4. The molecule has 0 radical (unpaired) electrons. The lowest BCUT2D eigenvalue weighted by Crippen LogP contribution is -2.36. The minimum Gasteiger partial charge on any atom is -0.481 e. The number of nitrogens with one attached hydrogen (secondary N) is 2. The molecule has 2 heterocycles. The van der Waals surface area contributed by atoms with Gasteiger partial charge in [0.2, 0.25) is 5.95 Å². The van der Waals surface area contributed by atoms with Gasteiger partial charge in [-0.3, -0.25) is 18.7 Å². The summed E-state index contributed by atoms with van der Waals surface area (Å²) in [5, 5.41) is 11.3. The number of aromatic nitrogens is 4. The fourth-order valence-electron chi connectivity index (χ4n) is 1.70. The first-order valence-corrected chi connectivity index (χ1v) is 5.53. The number of nitrogens with zero attached hydrogens (tertiary/aromatic N) is 3. The maximum absolute atomic E-state index is 11.9. The first-order chi connectivity index (χ1) is 8.91. The molecule has 102 valence electrons. The number of hydrogen-bond donors (Lipinski definition) is 3. The van der Waals surface area contributed by atoms with Gasteiger partial charge in [0.1, 0.15) is 0 Å². The van der Waals surface area contributed by atoms with Crippen LogP contribution in [0.2, 0.25) is 0 Å². The summed E-state index contributed by atoms with van der Waals surface area (Å²) in [6.07, 6.45) is -0.0754. The lowest BCUT2D eigenvalue weighted by molar-refractivity contribution is -0.136. The van der Waals surface area contributed by atoms with Gasteiger partial charge in [0, 0.05) is 20.6 Å². The van der Waals surface area contributed by atoms with Gasteiger partial charge in [-0.15, -0.1) is 0 Å². The number of rotatable bonds is 4. The Kier molecular flexibility index (Phi) is 3.11. The van der Waals surface area contributed by atoms with Gasteiger partial charge < -0.3 is 15.4 Å². The Morgan fingerprint density at radius 3 is 2.68 bits per heavy atom. The molecule has 0 bridgehead atoms. The van der Waals surface area contributed by atoms with Crippen LogP contribution in [0.3, 0.4) is 0 Å². The molecule has 0 amide bonds. The van der Waals surface area contributed by atoms with Gasteiger partial charge in [-0.05, 0) is 0 Å². The number of carbonyl (C=O) groups is 1. The number of fused-ring (bicyclic) bond motifs is 1. The van der Waals surface area contributed by atoms with Crippen molar-refractivity contribution in [1.29, 1.82) is 0 Å². The molecule has 9 nitrogen and oxygen atoms in total. The van der Waals surface area contributed by atoms with Crippen LogP contribution in [0.15, 0.2) is 9.59 Å². The molecule has 19 heavy (non-hydrogen) atoms. The Hall–Kier alpha value is -2.58. The molecule has 2 aromatic heterocycles. The SMILES string of the molecule is Cn1c(=O)c2[nH]c(NCCC(=O)O)nc2n(C)c1=O. The lowest BCUT2D eigenvalue weighted by atomic mass is 10.4. The standard InChI is InChI=1S/C10H13N5O4/c1-14-7-6(8(18)15(2)10(14)19)12-9(13-7)11-4-3-5(16)17/h3-4H2,1-2H3,(H,16,17)(H2,11,12,13). The highest BCUT2D eigenvalue weighted by molar-refractivity contribution is 5.73. The third kappa shape index (κ3) is 2.21. The summed E-state index contributed by atoms with van der Waals surface area (Å²) in [5.41, 5.74) is -0.522. The van der Waals surface area contributed by atoms with E-state index in [4.69, 9.17) is 5.11 Å². The van der Waals surface area contributed by atoms with E-state index < -0.39 is 17.2 Å². The molecule has 0 aliphatic rings. The molecular weight excluding hydrogens is 254 g/mol. The number of aromatic amines is 1. The number of carboxylic acid groups (broad SMARTS) is 1. The highest BCUT2D eigenvalue weighted by Gasteiger charge is 2.13. The average molecular weight is 267 g/mol. The van der Waals surface area contributed by atoms with E-state index in [9.17, 15) is 14.4 Å². The zero-order chi connectivity index (χ0) is 14.2. The highest BCUT2D eigenvalue weighted by atomic mass is 16.4. The summed E-state index contributed by atoms with van der Waals surface area (Å²) in [6.45, 7) is 0.170. The van der Waals surface area contributed by atoms with E-state index in [1.54, 1.807) is 0 Å². The zero-order valence-corrected chi connectivity index (χ0v) is 10.4. The molecule has 2 rings (SSSR count). The van der Waals surface area contributed by atoms with Gasteiger partial charge >= 0.3 is 11.7 Å². The van der Waals surface area contributed by atoms with Gasteiger partial charge in [-0.1, -0.05) is 0 Å². The number of H-pyrrole nitrogens is 1. The third-order valence-corrected chi connectivity index (χ3v) is 2.73. The van der Waals surface area contributed by atoms with Crippen molar-refractivity contribution in [2.24, 2.45) is 14.1 Å². The smallest absolute Gasteiger partial charge is 0.332 e. The first-order valence-electron chi connectivity index (χ1n) is 5.53. The molecule has 0 unspecified atom stereocenters. The second-order valence-electron chi connectivity index (χ2n) is 4.06. The Balaban J connectivity index is 2.44. The molecule has 0 saturated carbocycles. The van der Waals surface area contributed by atoms with Gasteiger partial charge in [0.25, 0.3) is 5.56 Å². The Morgan fingerprint density at radius 2 is 2.05 bits per heavy atom. The minimum absolute atomic E-state index is 0.0754. The van der Waals surface area contributed by atoms with E-state index in [1.807, 2.05) is 0 Å². The summed E-state index contributed by atoms with van der Waals surface area (Å²) >= 11 is 0. The molecule has 0 atom stereocenters. The monoisotopic (exact) mass is 267 g/mol. The maximum atomic E-state index is 11.9. The van der Waals surface area contributed by atoms with Crippen molar-refractivity contribution in [3.63, 3.8) is 0 Å². The molecule has 3 N–H and O–H groups in total. The summed E-state index contributed by atoms with van der Waals surface area (Å²) in [6, 6.07) is 0. The second-order valence-corrected chi connectivity index (χ2v) is 4.06. The molecule has 2 aromatic rings. The summed E-state index contributed by atoms with van der Waals surface area (Å²) in [7, 11) is 2.88. The number of hydrogen-bond acceptors (Lipinski definition) is 5. The quantitative estimate of drug-likeness (QED) is 0.642. The van der Waals surface area contributed by atoms with Crippen molar-refractivity contribution < 1.29 is 9.90 Å². The fraction of sp³-hybridized carbons (Fsp3) is 0.400. The Labute approximate surface area is 106 Å². The summed E-state index contributed by atoms with van der Waals surface area (Å²) < 4.78 is 2.22. The topological polar surface area (TPSA) is 122 Å². The van der Waals surface area contributed by atoms with Crippen molar-refractivity contribution in [3.8, 4) is 0 Å². The van der Waals surface area contributed by atoms with Crippen LogP contribution in [-0.2, 0) is 18.9 Å². The molecule has 0 fully saturated rings. The predicted octanol–water partition coefficient (Wildman–Crippen LogP) is -1.15. The lowest BCUT2D eigenvalue weighted by Gasteiger charge is -2.00. The average Bonchev–Trinajstić information content (AvgIpc) is 2.77. The Bertz CT molecular complexity index is 754. The third-order valence-electron chi connectivity index (χ3n) is 2.73. The van der Waals surface area contributed by atoms with Crippen LogP contribution >= 0.6 is 0 Å². The molecule has 0 aromatic carbocycles. The van der Waals surface area contributed by atoms with Gasteiger partial charge in [-0.2, -0.15) is 4.98 Å². The van der Waals surface area contributed by atoms with Gasteiger partial charge in [0.15, 0.2) is 11.2 Å². The number of aliphatic carboxylic acids is 1. The number of carboxylic acids is 1. The van der Waals surface area contributed by atoms with Crippen molar-refractivity contribution in [2.75, 3.05) is 11.9 Å². The van der Waals surface area contributed by atoms with E-state index in [0.717, 1.165) is 4.57 Å². The minimum atomic E-state index is -0.938. The van der Waals surface area contributed by atoms with Gasteiger partial charge in [0.05, 0.1) is 6.42 Å². The van der Waals surface area contributed by atoms with E-state index in [-0.39, 0.29) is 30.1 Å². The predicted molar refractivity (Wildman–Crippen MR) is 67.3 cm³/mol. The number of anilines is 1. The van der Waals surface area contributed by atoms with Crippen LogP contribution in [0.4, 0.5) is 5.95 Å². The van der Waals surface area contributed by atoms with E-state index >= 15 is 0 Å².